The Morgan fingerprint density at radius 1 is 0.478 bits per heavy atom. The van der Waals surface area contributed by atoms with Gasteiger partial charge in [0.1, 0.15) is 0 Å². The van der Waals surface area contributed by atoms with Crippen LogP contribution >= 0.6 is 6.04 Å². The van der Waals surface area contributed by atoms with Crippen LogP contribution < -0.4 is 25.6 Å². The molecule has 0 aromatic heterocycles. The highest BCUT2D eigenvalue weighted by atomic mass is 32.4. The molecule has 1 aliphatic carbocycles. The van der Waals surface area contributed by atoms with Crippen LogP contribution in [0, 0.1) is 0 Å². The van der Waals surface area contributed by atoms with Gasteiger partial charge in [0, 0.05) is 17.1 Å². The van der Waals surface area contributed by atoms with Crippen molar-refractivity contribution in [2.75, 3.05) is 4.90 Å². The van der Waals surface area contributed by atoms with Crippen LogP contribution in [-0.4, -0.2) is 0 Å². The quantitative estimate of drug-likeness (QED) is 0.169. The van der Waals surface area contributed by atoms with E-state index in [1.807, 2.05) is 24.3 Å². The largest absolute Gasteiger partial charge is 0.453 e. The van der Waals surface area contributed by atoms with Crippen molar-refractivity contribution in [2.45, 2.75) is 37.5 Å². The molecular formula is C42H36NOPS. The Balaban J connectivity index is 1.18. The average Bonchev–Trinajstić information content (AvgIpc) is 3.14. The number of nitrogens with zero attached hydrogens (tertiary/aromatic N) is 1. The Kier molecular flexibility index (Phi) is 7.61. The van der Waals surface area contributed by atoms with E-state index in [0.717, 1.165) is 41.4 Å². The minimum Gasteiger partial charge on any atom is -0.453 e. The summed E-state index contributed by atoms with van der Waals surface area (Å²) in [6.07, 6.45) is 6.07. The second kappa shape index (κ2) is 12.1. The standard InChI is InChI=1S/C42H36NOPS/c46-45(35-14-4-1-5-15-35,36-16-6-2-7-17-36)37-28-24-33(25-29-37)42(30-12-3-13-31-42)32-22-26-34(27-23-32)43-38-18-8-10-20-40(38)44-41-21-11-9-19-39(41)43/h1-2,4-11,14-29H,3,12-13,30-31H2. The molecule has 6 aromatic rings. The second-order valence-electron chi connectivity index (χ2n) is 12.4. The van der Waals surface area contributed by atoms with Crippen LogP contribution in [0.15, 0.2) is 158 Å². The number of benzene rings is 6. The number of hydrogen-bond donors (Lipinski definition) is 0. The minimum absolute atomic E-state index is 0.0157. The molecule has 0 radical (unpaired) electrons. The van der Waals surface area contributed by atoms with E-state index < -0.39 is 6.04 Å². The molecule has 6 aromatic carbocycles. The normalized spacial score (nSPS) is 15.3. The highest BCUT2D eigenvalue weighted by Gasteiger charge is 2.36. The van der Waals surface area contributed by atoms with Crippen LogP contribution in [-0.2, 0) is 17.2 Å². The van der Waals surface area contributed by atoms with Gasteiger partial charge in [-0.15, -0.1) is 0 Å². The fourth-order valence-corrected chi connectivity index (χ4v) is 11.3. The predicted octanol–water partition coefficient (Wildman–Crippen LogP) is 10.3. The molecule has 0 amide bonds. The molecule has 0 bridgehead atoms. The summed E-state index contributed by atoms with van der Waals surface area (Å²) in [4.78, 5) is 2.32. The Hall–Kier alpha value is -4.43. The molecule has 1 heterocycles. The van der Waals surface area contributed by atoms with Crippen molar-refractivity contribution < 1.29 is 4.74 Å². The van der Waals surface area contributed by atoms with Crippen molar-refractivity contribution in [1.29, 1.82) is 0 Å². The molecule has 0 atom stereocenters. The van der Waals surface area contributed by atoms with Crippen LogP contribution in [0.3, 0.4) is 0 Å². The first-order valence-electron chi connectivity index (χ1n) is 16.3. The molecule has 0 spiro atoms. The second-order valence-corrected chi connectivity index (χ2v) is 16.8. The third kappa shape index (κ3) is 4.90. The number of para-hydroxylation sites is 4. The fraction of sp³-hybridized carbons (Fsp3) is 0.143. The minimum atomic E-state index is -2.19. The first kappa shape index (κ1) is 29.0. The highest BCUT2D eigenvalue weighted by molar-refractivity contribution is 8.25. The van der Waals surface area contributed by atoms with Gasteiger partial charge in [-0.2, -0.15) is 0 Å². The summed E-state index contributed by atoms with van der Waals surface area (Å²) in [5, 5.41) is 3.71. The predicted molar refractivity (Wildman–Crippen MR) is 198 cm³/mol. The first-order valence-corrected chi connectivity index (χ1v) is 19.1. The summed E-state index contributed by atoms with van der Waals surface area (Å²) in [6.45, 7) is 0. The molecule has 2 nitrogen and oxygen atoms in total. The van der Waals surface area contributed by atoms with Crippen LogP contribution in [0.2, 0.25) is 0 Å². The SMILES string of the molecule is S=P(c1ccccc1)(c1ccccc1)c1ccc(C2(c3ccc(N4c5ccccc5Oc5ccccc54)cc3)CCCCC2)cc1. The molecule has 0 unspecified atom stereocenters. The van der Waals surface area contributed by atoms with Gasteiger partial charge in [0.25, 0.3) is 0 Å². The van der Waals surface area contributed by atoms with Crippen LogP contribution in [0.1, 0.15) is 43.2 Å². The van der Waals surface area contributed by atoms with Crippen molar-refractivity contribution in [2.24, 2.45) is 0 Å². The lowest BCUT2D eigenvalue weighted by molar-refractivity contribution is 0.346. The monoisotopic (exact) mass is 633 g/mol. The van der Waals surface area contributed by atoms with Gasteiger partial charge in [0.2, 0.25) is 0 Å². The maximum Gasteiger partial charge on any atom is 0.151 e. The molecule has 0 saturated heterocycles. The van der Waals surface area contributed by atoms with E-state index in [9.17, 15) is 0 Å². The number of ether oxygens (including phenoxy) is 1. The third-order valence-corrected chi connectivity index (χ3v) is 14.8. The van der Waals surface area contributed by atoms with Crippen molar-refractivity contribution in [3.63, 3.8) is 0 Å². The highest BCUT2D eigenvalue weighted by Crippen LogP contribution is 2.51. The van der Waals surface area contributed by atoms with Gasteiger partial charge in [-0.1, -0.05) is 152 Å². The Morgan fingerprint density at radius 2 is 0.913 bits per heavy atom. The number of rotatable bonds is 6. The Bertz CT molecular complexity index is 1930. The molecule has 2 aliphatic rings. The number of anilines is 3. The third-order valence-electron chi connectivity index (χ3n) is 9.84. The molecule has 8 rings (SSSR count). The van der Waals surface area contributed by atoms with E-state index in [2.05, 4.69) is 138 Å². The van der Waals surface area contributed by atoms with E-state index >= 15 is 0 Å². The lowest BCUT2D eigenvalue weighted by Crippen LogP contribution is -2.31. The zero-order valence-electron chi connectivity index (χ0n) is 25.8. The van der Waals surface area contributed by atoms with Gasteiger partial charge in [-0.05, 0) is 76.3 Å². The maximum absolute atomic E-state index is 6.65. The fourth-order valence-electron chi connectivity index (χ4n) is 7.53. The summed E-state index contributed by atoms with van der Waals surface area (Å²) in [7, 11) is 0. The van der Waals surface area contributed by atoms with Crippen molar-refractivity contribution >= 4 is 50.8 Å². The summed E-state index contributed by atoms with van der Waals surface area (Å²) >= 11 is 6.65. The van der Waals surface area contributed by atoms with E-state index in [-0.39, 0.29) is 5.41 Å². The first-order chi connectivity index (χ1) is 22.7. The number of fused-ring (bicyclic) bond motifs is 2. The van der Waals surface area contributed by atoms with Crippen LogP contribution in [0.4, 0.5) is 17.1 Å². The molecule has 1 aliphatic heterocycles. The van der Waals surface area contributed by atoms with Crippen molar-refractivity contribution in [1.82, 2.24) is 0 Å². The van der Waals surface area contributed by atoms with Crippen LogP contribution in [0.25, 0.3) is 0 Å². The van der Waals surface area contributed by atoms with Gasteiger partial charge < -0.3 is 9.64 Å². The lowest BCUT2D eigenvalue weighted by Gasteiger charge is -2.39. The zero-order chi connectivity index (χ0) is 31.0. The Labute approximate surface area is 277 Å². The van der Waals surface area contributed by atoms with Gasteiger partial charge in [-0.3, -0.25) is 0 Å². The molecule has 4 heteroatoms. The van der Waals surface area contributed by atoms with Crippen LogP contribution in [0.5, 0.6) is 11.5 Å². The van der Waals surface area contributed by atoms with Gasteiger partial charge >= 0.3 is 0 Å². The van der Waals surface area contributed by atoms with E-state index in [1.165, 1.54) is 46.3 Å². The molecule has 1 saturated carbocycles. The topological polar surface area (TPSA) is 12.5 Å². The smallest absolute Gasteiger partial charge is 0.151 e. The van der Waals surface area contributed by atoms with Gasteiger partial charge in [0.05, 0.1) is 11.4 Å². The van der Waals surface area contributed by atoms with E-state index in [1.54, 1.807) is 0 Å². The van der Waals surface area contributed by atoms with E-state index in [4.69, 9.17) is 16.5 Å². The molecule has 0 N–H and O–H groups in total. The maximum atomic E-state index is 6.65. The van der Waals surface area contributed by atoms with Crippen molar-refractivity contribution in [3.05, 3.63) is 169 Å². The lowest BCUT2D eigenvalue weighted by atomic mass is 9.65. The number of hydrogen-bond acceptors (Lipinski definition) is 3. The summed E-state index contributed by atoms with van der Waals surface area (Å²) in [6, 6.07) is 54.6. The van der Waals surface area contributed by atoms with Crippen molar-refractivity contribution in [3.8, 4) is 11.5 Å². The molecular weight excluding hydrogens is 598 g/mol. The Morgan fingerprint density at radius 3 is 1.43 bits per heavy atom. The van der Waals surface area contributed by atoms with Gasteiger partial charge in [0.15, 0.2) is 11.5 Å². The molecule has 1 fully saturated rings. The average molecular weight is 634 g/mol. The summed E-state index contributed by atoms with van der Waals surface area (Å²) < 4.78 is 6.26. The molecule has 226 valence electrons. The van der Waals surface area contributed by atoms with Gasteiger partial charge in [-0.25, -0.2) is 0 Å². The zero-order valence-corrected chi connectivity index (χ0v) is 27.5. The van der Waals surface area contributed by atoms with E-state index in [0.29, 0.717) is 0 Å². The summed E-state index contributed by atoms with van der Waals surface area (Å²) in [5.41, 5.74) is 6.03. The summed E-state index contributed by atoms with van der Waals surface area (Å²) in [5.74, 6) is 1.75. The molecule has 46 heavy (non-hydrogen) atoms.